The van der Waals surface area contributed by atoms with Gasteiger partial charge in [-0.1, -0.05) is 18.2 Å². The Morgan fingerprint density at radius 1 is 1.19 bits per heavy atom. The van der Waals surface area contributed by atoms with Gasteiger partial charge in [0, 0.05) is 19.0 Å². The lowest BCUT2D eigenvalue weighted by molar-refractivity contribution is 0.172. The number of para-hydroxylation sites is 1. The molecule has 0 bridgehead atoms. The average molecular weight is 285 g/mol. The van der Waals surface area contributed by atoms with Crippen LogP contribution in [0, 0.1) is 13.8 Å². The predicted octanol–water partition coefficient (Wildman–Crippen LogP) is 2.34. The van der Waals surface area contributed by atoms with Crippen LogP contribution < -0.4 is 0 Å². The molecule has 0 amide bonds. The van der Waals surface area contributed by atoms with E-state index in [1.165, 1.54) is 0 Å². The van der Waals surface area contributed by atoms with Crippen LogP contribution in [-0.2, 0) is 17.9 Å². The van der Waals surface area contributed by atoms with Crippen molar-refractivity contribution in [2.24, 2.45) is 0 Å². The van der Waals surface area contributed by atoms with Gasteiger partial charge in [0.25, 0.3) is 0 Å². The van der Waals surface area contributed by atoms with Crippen molar-refractivity contribution in [3.05, 3.63) is 35.3 Å². The number of aryl methyl sites for hydroxylation is 2. The summed E-state index contributed by atoms with van der Waals surface area (Å²) < 4.78 is 7.27. The summed E-state index contributed by atoms with van der Waals surface area (Å²) >= 11 is 0. The van der Waals surface area contributed by atoms with Gasteiger partial charge >= 0.3 is 0 Å². The number of fused-ring (bicyclic) bond motifs is 3. The van der Waals surface area contributed by atoms with Crippen molar-refractivity contribution >= 4 is 21.9 Å². The highest BCUT2D eigenvalue weighted by Gasteiger charge is 2.16. The maximum absolute atomic E-state index is 9.38. The van der Waals surface area contributed by atoms with Crippen molar-refractivity contribution in [1.29, 1.82) is 0 Å². The van der Waals surface area contributed by atoms with E-state index in [1.54, 1.807) is 7.11 Å². The fourth-order valence-electron chi connectivity index (χ4n) is 2.82. The normalized spacial score (nSPS) is 11.6. The highest BCUT2D eigenvalue weighted by atomic mass is 16.5. The first-order valence-electron chi connectivity index (χ1n) is 7.02. The number of aliphatic hydroxyl groups excluding tert-OH is 1. The molecule has 0 atom stereocenters. The number of imidazole rings is 1. The number of nitrogens with zero attached hydrogens (tertiary/aromatic N) is 3. The van der Waals surface area contributed by atoms with Crippen LogP contribution >= 0.6 is 0 Å². The van der Waals surface area contributed by atoms with Gasteiger partial charge in [0.2, 0.25) is 0 Å². The van der Waals surface area contributed by atoms with E-state index in [0.717, 1.165) is 39.0 Å². The molecule has 0 unspecified atom stereocenters. The molecule has 3 aromatic rings. The molecule has 3 rings (SSSR count). The predicted molar refractivity (Wildman–Crippen MR) is 82.3 cm³/mol. The first-order valence-corrected chi connectivity index (χ1v) is 7.02. The fourth-order valence-corrected chi connectivity index (χ4v) is 2.82. The van der Waals surface area contributed by atoms with Crippen molar-refractivity contribution in [2.45, 2.75) is 27.0 Å². The summed E-state index contributed by atoms with van der Waals surface area (Å²) in [6, 6.07) is 6.15. The second kappa shape index (κ2) is 5.42. The molecule has 0 aliphatic carbocycles. The molecule has 0 saturated carbocycles. The van der Waals surface area contributed by atoms with Gasteiger partial charge in [-0.15, -0.1) is 0 Å². The monoisotopic (exact) mass is 285 g/mol. The van der Waals surface area contributed by atoms with Gasteiger partial charge in [0.15, 0.2) is 0 Å². The molecule has 5 nitrogen and oxygen atoms in total. The second-order valence-corrected chi connectivity index (χ2v) is 5.20. The Kier molecular flexibility index (Phi) is 3.61. The van der Waals surface area contributed by atoms with E-state index in [0.29, 0.717) is 13.2 Å². The zero-order chi connectivity index (χ0) is 15.0. The molecule has 0 fully saturated rings. The molecular weight excluding hydrogens is 266 g/mol. The number of aliphatic hydroxyl groups is 1. The molecule has 21 heavy (non-hydrogen) atoms. The SMILES string of the molecule is COCc1nc2c(C)nc3c(C)cccc3c2n1CCO. The Balaban J connectivity index is 2.45. The largest absolute Gasteiger partial charge is 0.395 e. The number of hydrogen-bond donors (Lipinski definition) is 1. The summed E-state index contributed by atoms with van der Waals surface area (Å²) in [6.07, 6.45) is 0. The lowest BCUT2D eigenvalue weighted by Crippen LogP contribution is -2.08. The summed E-state index contributed by atoms with van der Waals surface area (Å²) in [6.45, 7) is 5.02. The van der Waals surface area contributed by atoms with E-state index in [4.69, 9.17) is 9.72 Å². The Morgan fingerprint density at radius 2 is 2.00 bits per heavy atom. The fraction of sp³-hybridized carbons (Fsp3) is 0.375. The number of benzene rings is 1. The number of hydrogen-bond acceptors (Lipinski definition) is 4. The highest BCUT2D eigenvalue weighted by molar-refractivity contribution is 6.04. The Hall–Kier alpha value is -1.98. The lowest BCUT2D eigenvalue weighted by atomic mass is 10.1. The molecule has 0 spiro atoms. The summed E-state index contributed by atoms with van der Waals surface area (Å²) in [5, 5.41) is 10.4. The molecule has 1 aromatic carbocycles. The van der Waals surface area contributed by atoms with Gasteiger partial charge in [0.1, 0.15) is 17.9 Å². The molecule has 5 heteroatoms. The summed E-state index contributed by atoms with van der Waals surface area (Å²) in [5.41, 5.74) is 4.95. The van der Waals surface area contributed by atoms with Gasteiger partial charge in [-0.3, -0.25) is 4.98 Å². The smallest absolute Gasteiger partial charge is 0.136 e. The van der Waals surface area contributed by atoms with Crippen LogP contribution in [0.3, 0.4) is 0 Å². The minimum atomic E-state index is 0.0663. The van der Waals surface area contributed by atoms with E-state index in [9.17, 15) is 5.11 Å². The zero-order valence-electron chi connectivity index (χ0n) is 12.6. The number of pyridine rings is 1. The Morgan fingerprint density at radius 3 is 2.71 bits per heavy atom. The first-order chi connectivity index (χ1) is 10.2. The third-order valence-corrected chi connectivity index (χ3v) is 3.76. The number of ether oxygens (including phenoxy) is 1. The minimum absolute atomic E-state index is 0.0663. The molecule has 1 N–H and O–H groups in total. The van der Waals surface area contributed by atoms with Crippen LogP contribution in [0.2, 0.25) is 0 Å². The minimum Gasteiger partial charge on any atom is -0.395 e. The standard InChI is InChI=1S/C16H19N3O2/c1-10-5-4-6-12-14(10)17-11(2)15-16(12)19(7-8-20)13(18-15)9-21-3/h4-6,20H,7-9H2,1-3H3. The number of methoxy groups -OCH3 is 1. The number of rotatable bonds is 4. The molecule has 0 aliphatic heterocycles. The van der Waals surface area contributed by atoms with Crippen molar-refractivity contribution in [1.82, 2.24) is 14.5 Å². The molecule has 2 aromatic heterocycles. The van der Waals surface area contributed by atoms with E-state index in [1.807, 2.05) is 17.6 Å². The van der Waals surface area contributed by atoms with Gasteiger partial charge in [-0.05, 0) is 19.4 Å². The van der Waals surface area contributed by atoms with Crippen LogP contribution in [0.15, 0.2) is 18.2 Å². The molecule has 0 aliphatic rings. The molecule has 0 radical (unpaired) electrons. The van der Waals surface area contributed by atoms with Gasteiger partial charge < -0.3 is 14.4 Å². The molecule has 110 valence electrons. The summed E-state index contributed by atoms with van der Waals surface area (Å²) in [5.74, 6) is 0.820. The van der Waals surface area contributed by atoms with Crippen LogP contribution in [0.4, 0.5) is 0 Å². The van der Waals surface area contributed by atoms with E-state index in [2.05, 4.69) is 24.0 Å². The molecule has 2 heterocycles. The number of aromatic nitrogens is 3. The van der Waals surface area contributed by atoms with Crippen molar-refractivity contribution in [2.75, 3.05) is 13.7 Å². The summed E-state index contributed by atoms with van der Waals surface area (Å²) in [4.78, 5) is 9.36. The highest BCUT2D eigenvalue weighted by Crippen LogP contribution is 2.29. The van der Waals surface area contributed by atoms with Crippen LogP contribution in [0.1, 0.15) is 17.1 Å². The third kappa shape index (κ3) is 2.18. The van der Waals surface area contributed by atoms with Gasteiger partial charge in [-0.2, -0.15) is 0 Å². The van der Waals surface area contributed by atoms with Crippen LogP contribution in [0.25, 0.3) is 21.9 Å². The van der Waals surface area contributed by atoms with Gasteiger partial charge in [0.05, 0.1) is 23.3 Å². The molecule has 0 saturated heterocycles. The topological polar surface area (TPSA) is 60.2 Å². The molecular formula is C16H19N3O2. The van der Waals surface area contributed by atoms with Crippen molar-refractivity contribution in [3.8, 4) is 0 Å². The quantitative estimate of drug-likeness (QED) is 0.799. The summed E-state index contributed by atoms with van der Waals surface area (Å²) in [7, 11) is 1.65. The van der Waals surface area contributed by atoms with Crippen LogP contribution in [0.5, 0.6) is 0 Å². The van der Waals surface area contributed by atoms with Crippen molar-refractivity contribution in [3.63, 3.8) is 0 Å². The van der Waals surface area contributed by atoms with Crippen LogP contribution in [-0.4, -0.2) is 33.4 Å². The van der Waals surface area contributed by atoms with Gasteiger partial charge in [-0.25, -0.2) is 4.98 Å². The van der Waals surface area contributed by atoms with E-state index >= 15 is 0 Å². The Bertz CT molecular complexity index is 808. The lowest BCUT2D eigenvalue weighted by Gasteiger charge is -2.10. The maximum atomic E-state index is 9.38. The van der Waals surface area contributed by atoms with E-state index in [-0.39, 0.29) is 6.61 Å². The van der Waals surface area contributed by atoms with E-state index < -0.39 is 0 Å². The second-order valence-electron chi connectivity index (χ2n) is 5.20. The Labute approximate surface area is 123 Å². The third-order valence-electron chi connectivity index (χ3n) is 3.76. The maximum Gasteiger partial charge on any atom is 0.136 e. The average Bonchev–Trinajstić information content (AvgIpc) is 2.81. The zero-order valence-corrected chi connectivity index (χ0v) is 12.6. The first kappa shape index (κ1) is 14.0. The van der Waals surface area contributed by atoms with Crippen molar-refractivity contribution < 1.29 is 9.84 Å².